The minimum absolute atomic E-state index is 0.105. The lowest BCUT2D eigenvalue weighted by Crippen LogP contribution is -2.41. The topological polar surface area (TPSA) is 119 Å². The Labute approximate surface area is 202 Å². The van der Waals surface area contributed by atoms with Gasteiger partial charge in [-0.25, -0.2) is 4.39 Å². The summed E-state index contributed by atoms with van der Waals surface area (Å²) < 4.78 is 13.7. The maximum atomic E-state index is 13.7. The monoisotopic (exact) mass is 478 g/mol. The van der Waals surface area contributed by atoms with Gasteiger partial charge in [-0.3, -0.25) is 19.7 Å². The van der Waals surface area contributed by atoms with Gasteiger partial charge in [-0.05, 0) is 60.0 Å². The molecule has 8 nitrogen and oxygen atoms in total. The number of anilines is 1. The summed E-state index contributed by atoms with van der Waals surface area (Å²) in [6.07, 6.45) is 0. The lowest BCUT2D eigenvalue weighted by Gasteiger charge is -2.32. The minimum atomic E-state index is -0.534. The number of rotatable bonds is 9. The van der Waals surface area contributed by atoms with Gasteiger partial charge in [0.1, 0.15) is 5.82 Å². The van der Waals surface area contributed by atoms with Crippen molar-refractivity contribution in [2.24, 2.45) is 11.1 Å². The largest absolute Gasteiger partial charge is 0.334 e. The predicted molar refractivity (Wildman–Crippen MR) is 131 cm³/mol. The molecule has 3 aromatic carbocycles. The van der Waals surface area contributed by atoms with Gasteiger partial charge < -0.3 is 16.0 Å². The van der Waals surface area contributed by atoms with Crippen molar-refractivity contribution in [1.82, 2.24) is 4.90 Å². The average Bonchev–Trinajstić information content (AvgIpc) is 2.83. The smallest absolute Gasteiger partial charge is 0.269 e. The Hall–Kier alpha value is -4.11. The number of carbonyl (C=O) groups excluding carboxylic acids is 2. The van der Waals surface area contributed by atoms with Gasteiger partial charge in [-0.15, -0.1) is 0 Å². The second-order valence-electron chi connectivity index (χ2n) is 9.00. The Kier molecular flexibility index (Phi) is 7.93. The molecule has 3 aromatic rings. The fourth-order valence-corrected chi connectivity index (χ4v) is 3.49. The SMILES string of the molecule is CC(C)(CN)CN(Cc1cccc(NC(=O)c2ccc([N+](=O)[O-])cc2)c1)C(=O)c1cccc(F)c1. The molecule has 0 unspecified atom stereocenters. The summed E-state index contributed by atoms with van der Waals surface area (Å²) in [6.45, 7) is 4.81. The molecule has 0 saturated heterocycles. The standard InChI is InChI=1S/C26H27FN4O4/c1-26(2,16-28)17-30(25(33)20-6-4-7-21(27)14-20)15-18-5-3-8-22(13-18)29-24(32)19-9-11-23(12-10-19)31(34)35/h3-14H,15-17,28H2,1-2H3,(H,29,32). The van der Waals surface area contributed by atoms with Gasteiger partial charge in [0.2, 0.25) is 0 Å². The van der Waals surface area contributed by atoms with E-state index in [0.29, 0.717) is 18.8 Å². The van der Waals surface area contributed by atoms with Gasteiger partial charge in [-0.1, -0.05) is 32.0 Å². The van der Waals surface area contributed by atoms with Crippen LogP contribution in [0.25, 0.3) is 0 Å². The van der Waals surface area contributed by atoms with Gasteiger partial charge in [-0.2, -0.15) is 0 Å². The van der Waals surface area contributed by atoms with Crippen LogP contribution in [-0.4, -0.2) is 34.7 Å². The van der Waals surface area contributed by atoms with Crippen molar-refractivity contribution in [2.45, 2.75) is 20.4 Å². The summed E-state index contributed by atoms with van der Waals surface area (Å²) in [6, 6.07) is 17.8. The number of hydrogen-bond acceptors (Lipinski definition) is 5. The van der Waals surface area contributed by atoms with Gasteiger partial charge in [0.05, 0.1) is 4.92 Å². The second-order valence-corrected chi connectivity index (χ2v) is 9.00. The van der Waals surface area contributed by atoms with Crippen LogP contribution in [0.1, 0.15) is 40.1 Å². The van der Waals surface area contributed by atoms with Gasteiger partial charge in [0.15, 0.2) is 0 Å². The lowest BCUT2D eigenvalue weighted by atomic mass is 9.92. The number of amides is 2. The first-order valence-corrected chi connectivity index (χ1v) is 11.0. The quantitative estimate of drug-likeness (QED) is 0.344. The van der Waals surface area contributed by atoms with E-state index >= 15 is 0 Å². The van der Waals surface area contributed by atoms with E-state index in [4.69, 9.17) is 5.73 Å². The first-order chi connectivity index (χ1) is 16.6. The molecule has 0 heterocycles. The van der Waals surface area contributed by atoms with E-state index in [2.05, 4.69) is 5.32 Å². The first-order valence-electron chi connectivity index (χ1n) is 11.0. The molecule has 3 N–H and O–H groups in total. The van der Waals surface area contributed by atoms with Crippen LogP contribution in [0.5, 0.6) is 0 Å². The lowest BCUT2D eigenvalue weighted by molar-refractivity contribution is -0.384. The van der Waals surface area contributed by atoms with Crippen molar-refractivity contribution in [1.29, 1.82) is 0 Å². The Balaban J connectivity index is 1.80. The zero-order valence-corrected chi connectivity index (χ0v) is 19.5. The summed E-state index contributed by atoms with van der Waals surface area (Å²) in [4.78, 5) is 37.7. The molecule has 0 aliphatic carbocycles. The number of nitro groups is 1. The van der Waals surface area contributed by atoms with Gasteiger partial charge in [0, 0.05) is 42.0 Å². The number of nitrogens with zero attached hydrogens (tertiary/aromatic N) is 2. The molecular formula is C26H27FN4O4. The van der Waals surface area contributed by atoms with E-state index < -0.39 is 16.6 Å². The van der Waals surface area contributed by atoms with E-state index in [9.17, 15) is 24.1 Å². The van der Waals surface area contributed by atoms with E-state index in [1.807, 2.05) is 19.9 Å². The number of nitrogens with two attached hydrogens (primary N) is 1. The van der Waals surface area contributed by atoms with E-state index in [1.54, 1.807) is 29.2 Å². The molecule has 0 fully saturated rings. The third-order valence-corrected chi connectivity index (χ3v) is 5.43. The number of non-ortho nitro benzene ring substituents is 1. The van der Waals surface area contributed by atoms with Crippen LogP contribution in [0.4, 0.5) is 15.8 Å². The number of nitro benzene ring substituents is 1. The van der Waals surface area contributed by atoms with Crippen molar-refractivity contribution in [2.75, 3.05) is 18.4 Å². The molecular weight excluding hydrogens is 451 g/mol. The van der Waals surface area contributed by atoms with E-state index in [-0.39, 0.29) is 34.7 Å². The highest BCUT2D eigenvalue weighted by molar-refractivity contribution is 6.04. The van der Waals surface area contributed by atoms with Crippen LogP contribution in [0, 0.1) is 21.3 Å². The van der Waals surface area contributed by atoms with Crippen molar-refractivity contribution < 1.29 is 18.9 Å². The summed E-state index contributed by atoms with van der Waals surface area (Å²) in [7, 11) is 0. The normalized spacial score (nSPS) is 11.1. The molecule has 9 heteroatoms. The third-order valence-electron chi connectivity index (χ3n) is 5.43. The Morgan fingerprint density at radius 1 is 1.03 bits per heavy atom. The first kappa shape index (κ1) is 25.5. The zero-order chi connectivity index (χ0) is 25.6. The highest BCUT2D eigenvalue weighted by atomic mass is 19.1. The fraction of sp³-hybridized carbons (Fsp3) is 0.231. The van der Waals surface area contributed by atoms with Gasteiger partial charge in [0.25, 0.3) is 17.5 Å². The number of halogens is 1. The molecule has 182 valence electrons. The van der Waals surface area contributed by atoms with E-state index in [0.717, 1.165) is 5.56 Å². The van der Waals surface area contributed by atoms with Crippen molar-refractivity contribution >= 4 is 23.2 Å². The summed E-state index contributed by atoms with van der Waals surface area (Å²) in [5, 5.41) is 13.6. The van der Waals surface area contributed by atoms with Crippen LogP contribution < -0.4 is 11.1 Å². The number of benzene rings is 3. The maximum absolute atomic E-state index is 13.7. The third kappa shape index (κ3) is 6.94. The summed E-state index contributed by atoms with van der Waals surface area (Å²) in [5.41, 5.74) is 7.18. The van der Waals surface area contributed by atoms with Crippen LogP contribution >= 0.6 is 0 Å². The average molecular weight is 479 g/mol. The molecule has 3 rings (SSSR count). The molecule has 0 aliphatic rings. The van der Waals surface area contributed by atoms with Crippen LogP contribution in [0.2, 0.25) is 0 Å². The molecule has 2 amide bonds. The van der Waals surface area contributed by atoms with Crippen molar-refractivity contribution in [3.63, 3.8) is 0 Å². The minimum Gasteiger partial charge on any atom is -0.334 e. The molecule has 0 saturated carbocycles. The number of nitrogens with one attached hydrogen (secondary N) is 1. The Morgan fingerprint density at radius 2 is 1.71 bits per heavy atom. The molecule has 35 heavy (non-hydrogen) atoms. The van der Waals surface area contributed by atoms with Crippen molar-refractivity contribution in [3.8, 4) is 0 Å². The predicted octanol–water partition coefficient (Wildman–Crippen LogP) is 4.61. The molecule has 0 spiro atoms. The molecule has 0 aliphatic heterocycles. The highest BCUT2D eigenvalue weighted by Crippen LogP contribution is 2.22. The Morgan fingerprint density at radius 3 is 2.34 bits per heavy atom. The van der Waals surface area contributed by atoms with Crippen LogP contribution in [-0.2, 0) is 6.54 Å². The van der Waals surface area contributed by atoms with Crippen LogP contribution in [0.3, 0.4) is 0 Å². The van der Waals surface area contributed by atoms with Gasteiger partial charge >= 0.3 is 0 Å². The van der Waals surface area contributed by atoms with Crippen molar-refractivity contribution in [3.05, 3.63) is 105 Å². The molecule has 0 atom stereocenters. The fourth-order valence-electron chi connectivity index (χ4n) is 3.49. The van der Waals surface area contributed by atoms with Crippen LogP contribution in [0.15, 0.2) is 72.8 Å². The Bertz CT molecular complexity index is 1230. The zero-order valence-electron chi connectivity index (χ0n) is 19.5. The number of hydrogen-bond donors (Lipinski definition) is 2. The second kappa shape index (κ2) is 10.9. The summed E-state index contributed by atoms with van der Waals surface area (Å²) >= 11 is 0. The maximum Gasteiger partial charge on any atom is 0.269 e. The highest BCUT2D eigenvalue weighted by Gasteiger charge is 2.25. The summed E-state index contributed by atoms with van der Waals surface area (Å²) in [5.74, 6) is -1.25. The van der Waals surface area contributed by atoms with E-state index in [1.165, 1.54) is 42.5 Å². The molecule has 0 bridgehead atoms. The molecule has 0 radical (unpaired) electrons. The number of carbonyl (C=O) groups is 2. The molecule has 0 aromatic heterocycles.